The summed E-state index contributed by atoms with van der Waals surface area (Å²) < 4.78 is 4.63. The number of benzene rings is 1. The van der Waals surface area contributed by atoms with Gasteiger partial charge < -0.3 is 15.4 Å². The summed E-state index contributed by atoms with van der Waals surface area (Å²) in [7, 11) is 1.42. The van der Waals surface area contributed by atoms with Gasteiger partial charge in [0.05, 0.1) is 18.7 Å². The average molecular weight is 373 g/mol. The average Bonchev–Trinajstić information content (AvgIpc) is 3.23. The van der Waals surface area contributed by atoms with Crippen molar-refractivity contribution in [2.45, 2.75) is 38.5 Å². The third-order valence-corrected chi connectivity index (χ3v) is 5.33. The molecule has 1 amide bonds. The maximum absolute atomic E-state index is 11.8. The van der Waals surface area contributed by atoms with E-state index < -0.39 is 0 Å². The Balaban J connectivity index is 1.51. The molecular weight excluding hydrogens is 350 g/mol. The van der Waals surface area contributed by atoms with Crippen LogP contribution < -0.4 is 10.6 Å². The quantitative estimate of drug-likeness (QED) is 0.540. The van der Waals surface area contributed by atoms with Crippen LogP contribution in [0.4, 0.5) is 10.8 Å². The van der Waals surface area contributed by atoms with Crippen LogP contribution >= 0.6 is 11.3 Å². The topological polar surface area (TPSA) is 80.3 Å². The third-order valence-electron chi connectivity index (χ3n) is 4.53. The van der Waals surface area contributed by atoms with Gasteiger partial charge in [0, 0.05) is 29.6 Å². The summed E-state index contributed by atoms with van der Waals surface area (Å²) in [6, 6.07) is 5.98. The van der Waals surface area contributed by atoms with Crippen molar-refractivity contribution in [1.29, 1.82) is 0 Å². The van der Waals surface area contributed by atoms with Crippen molar-refractivity contribution < 1.29 is 14.3 Å². The van der Waals surface area contributed by atoms with E-state index in [9.17, 15) is 9.59 Å². The van der Waals surface area contributed by atoms with Gasteiger partial charge in [0.2, 0.25) is 5.91 Å². The smallest absolute Gasteiger partial charge is 0.305 e. The number of nitrogens with zero attached hydrogens (tertiary/aromatic N) is 1. The van der Waals surface area contributed by atoms with Crippen LogP contribution in [-0.4, -0.2) is 30.5 Å². The number of fused-ring (bicyclic) bond motifs is 1. The molecule has 1 aliphatic heterocycles. The Morgan fingerprint density at radius 1 is 1.35 bits per heavy atom. The molecule has 0 unspecified atom stereocenters. The van der Waals surface area contributed by atoms with Crippen molar-refractivity contribution in [1.82, 2.24) is 4.98 Å². The van der Waals surface area contributed by atoms with Crippen LogP contribution in [0.2, 0.25) is 0 Å². The van der Waals surface area contributed by atoms with Crippen molar-refractivity contribution in [2.24, 2.45) is 0 Å². The lowest BCUT2D eigenvalue weighted by Gasteiger charge is -2.04. The van der Waals surface area contributed by atoms with Gasteiger partial charge in [0.25, 0.3) is 0 Å². The number of esters is 1. The molecule has 3 rings (SSSR count). The molecule has 0 radical (unpaired) electrons. The van der Waals surface area contributed by atoms with Crippen LogP contribution in [0, 0.1) is 0 Å². The van der Waals surface area contributed by atoms with E-state index in [1.165, 1.54) is 7.11 Å². The van der Waals surface area contributed by atoms with Gasteiger partial charge in [0.1, 0.15) is 0 Å². The van der Waals surface area contributed by atoms with Gasteiger partial charge >= 0.3 is 5.97 Å². The predicted octanol–water partition coefficient (Wildman–Crippen LogP) is 4.01. The number of unbranched alkanes of at least 4 members (excludes halogenated alkanes) is 2. The summed E-state index contributed by atoms with van der Waals surface area (Å²) in [5.41, 5.74) is 3.86. The molecule has 0 bridgehead atoms. The minimum Gasteiger partial charge on any atom is -0.469 e. The Hall–Kier alpha value is -2.41. The molecule has 138 valence electrons. The molecule has 6 nitrogen and oxygen atoms in total. The number of rotatable bonds is 8. The Kier molecular flexibility index (Phi) is 5.88. The number of hydrogen-bond donors (Lipinski definition) is 2. The summed E-state index contributed by atoms with van der Waals surface area (Å²) in [6.45, 7) is 2.74. The number of carbonyl (C=O) groups is 2. The molecule has 0 saturated carbocycles. The van der Waals surface area contributed by atoms with Gasteiger partial charge in [-0.15, -0.1) is 11.3 Å². The number of methoxy groups -OCH3 is 1. The van der Waals surface area contributed by atoms with E-state index in [4.69, 9.17) is 0 Å². The Morgan fingerprint density at radius 3 is 3.00 bits per heavy atom. The van der Waals surface area contributed by atoms with Crippen LogP contribution in [0.5, 0.6) is 0 Å². The molecule has 0 fully saturated rings. The van der Waals surface area contributed by atoms with Gasteiger partial charge in [-0.05, 0) is 37.5 Å². The lowest BCUT2D eigenvalue weighted by atomic mass is 10.00. The highest BCUT2D eigenvalue weighted by atomic mass is 32.1. The summed E-state index contributed by atoms with van der Waals surface area (Å²) in [4.78, 5) is 27.5. The highest BCUT2D eigenvalue weighted by Crippen LogP contribution is 2.36. The van der Waals surface area contributed by atoms with Crippen molar-refractivity contribution in [2.75, 3.05) is 24.3 Å². The minimum absolute atomic E-state index is 0.0463. The van der Waals surface area contributed by atoms with E-state index in [1.54, 1.807) is 11.3 Å². The first-order valence-electron chi connectivity index (χ1n) is 8.80. The van der Waals surface area contributed by atoms with Crippen LogP contribution in [-0.2, 0) is 14.3 Å². The normalized spacial score (nSPS) is 15.5. The van der Waals surface area contributed by atoms with E-state index in [0.717, 1.165) is 53.4 Å². The second-order valence-corrected chi connectivity index (χ2v) is 7.22. The molecule has 0 saturated heterocycles. The highest BCUT2D eigenvalue weighted by molar-refractivity contribution is 7.14. The Labute approximate surface area is 157 Å². The molecule has 1 aromatic heterocycles. The van der Waals surface area contributed by atoms with E-state index >= 15 is 0 Å². The van der Waals surface area contributed by atoms with E-state index in [0.29, 0.717) is 6.42 Å². The molecular formula is C19H23N3O3S. The monoisotopic (exact) mass is 373 g/mol. The molecule has 0 spiro atoms. The second-order valence-electron chi connectivity index (χ2n) is 6.36. The van der Waals surface area contributed by atoms with Crippen molar-refractivity contribution in [3.63, 3.8) is 0 Å². The standard InChI is InChI=1S/C19H23N3O3S/c1-12-14-10-13(7-8-15(14)21-18(12)24)16-11-26-19(22-16)20-9-5-3-4-6-17(23)25-2/h7-8,10-12H,3-6,9H2,1-2H3,(H,20,22)(H,21,24)/t12-/m1/s1. The van der Waals surface area contributed by atoms with Crippen LogP contribution in [0.25, 0.3) is 11.3 Å². The van der Waals surface area contributed by atoms with E-state index in [-0.39, 0.29) is 17.8 Å². The first-order chi connectivity index (χ1) is 12.6. The highest BCUT2D eigenvalue weighted by Gasteiger charge is 2.26. The van der Waals surface area contributed by atoms with Gasteiger partial charge in [-0.3, -0.25) is 9.59 Å². The molecule has 1 aromatic carbocycles. The number of carbonyl (C=O) groups excluding carboxylic acids is 2. The molecule has 2 heterocycles. The fraction of sp³-hybridized carbons (Fsp3) is 0.421. The molecule has 26 heavy (non-hydrogen) atoms. The number of hydrogen-bond acceptors (Lipinski definition) is 6. The number of amides is 1. The molecule has 1 aliphatic rings. The molecule has 1 atom stereocenters. The van der Waals surface area contributed by atoms with Gasteiger partial charge in [-0.25, -0.2) is 4.98 Å². The number of nitrogens with one attached hydrogen (secondary N) is 2. The summed E-state index contributed by atoms with van der Waals surface area (Å²) in [6.07, 6.45) is 3.28. The Bertz CT molecular complexity index is 803. The minimum atomic E-state index is -0.150. The van der Waals surface area contributed by atoms with Gasteiger partial charge in [-0.2, -0.15) is 0 Å². The van der Waals surface area contributed by atoms with Crippen molar-refractivity contribution in [3.8, 4) is 11.3 Å². The molecule has 7 heteroatoms. The fourth-order valence-corrected chi connectivity index (χ4v) is 3.68. The number of anilines is 2. The summed E-state index contributed by atoms with van der Waals surface area (Å²) in [5, 5.41) is 9.13. The Morgan fingerprint density at radius 2 is 2.19 bits per heavy atom. The number of aromatic nitrogens is 1. The lowest BCUT2D eigenvalue weighted by Crippen LogP contribution is -2.08. The first-order valence-corrected chi connectivity index (χ1v) is 9.68. The largest absolute Gasteiger partial charge is 0.469 e. The zero-order valence-electron chi connectivity index (χ0n) is 15.0. The van der Waals surface area contributed by atoms with Crippen LogP contribution in [0.1, 0.15) is 44.1 Å². The van der Waals surface area contributed by atoms with E-state index in [1.807, 2.05) is 30.5 Å². The first kappa shape index (κ1) is 18.4. The maximum atomic E-state index is 11.8. The summed E-state index contributed by atoms with van der Waals surface area (Å²) in [5.74, 6) is -0.223. The second kappa shape index (κ2) is 8.31. The van der Waals surface area contributed by atoms with E-state index in [2.05, 4.69) is 20.4 Å². The zero-order valence-corrected chi connectivity index (χ0v) is 15.8. The zero-order chi connectivity index (χ0) is 18.5. The van der Waals surface area contributed by atoms with Crippen molar-refractivity contribution in [3.05, 3.63) is 29.1 Å². The van der Waals surface area contributed by atoms with Gasteiger partial charge in [0.15, 0.2) is 5.13 Å². The third kappa shape index (κ3) is 4.22. The molecule has 2 aromatic rings. The predicted molar refractivity (Wildman–Crippen MR) is 104 cm³/mol. The lowest BCUT2D eigenvalue weighted by molar-refractivity contribution is -0.140. The van der Waals surface area contributed by atoms with Crippen molar-refractivity contribution >= 4 is 34.0 Å². The molecule has 2 N–H and O–H groups in total. The van der Waals surface area contributed by atoms with Crippen LogP contribution in [0.15, 0.2) is 23.6 Å². The summed E-state index contributed by atoms with van der Waals surface area (Å²) >= 11 is 1.57. The molecule has 0 aliphatic carbocycles. The SMILES string of the molecule is COC(=O)CCCCCNc1nc(-c2ccc3c(c2)[C@@H](C)C(=O)N3)cs1. The van der Waals surface area contributed by atoms with Crippen LogP contribution in [0.3, 0.4) is 0 Å². The van der Waals surface area contributed by atoms with Gasteiger partial charge in [-0.1, -0.05) is 12.5 Å². The number of thiazole rings is 1. The number of ether oxygens (including phenoxy) is 1. The maximum Gasteiger partial charge on any atom is 0.305 e. The fourth-order valence-electron chi connectivity index (χ4n) is 2.93.